The van der Waals surface area contributed by atoms with Gasteiger partial charge in [-0.3, -0.25) is 14.5 Å². The van der Waals surface area contributed by atoms with Gasteiger partial charge in [0.2, 0.25) is 5.91 Å². The van der Waals surface area contributed by atoms with E-state index in [1.807, 2.05) is 6.92 Å². The number of carboxylic acids is 1. The third-order valence-corrected chi connectivity index (χ3v) is 8.87. The molecule has 2 amide bonds. The first kappa shape index (κ1) is 25.1. The molecule has 2 N–H and O–H groups in total. The minimum Gasteiger partial charge on any atom is -0.477 e. The fourth-order valence-electron chi connectivity index (χ4n) is 3.68. The lowest BCUT2D eigenvalue weighted by Crippen LogP contribution is -2.71. The number of aliphatic carboxylic acids is 1. The van der Waals surface area contributed by atoms with E-state index in [0.717, 1.165) is 9.35 Å². The summed E-state index contributed by atoms with van der Waals surface area (Å²) in [6, 6.07) is 0.468. The highest BCUT2D eigenvalue weighted by molar-refractivity contribution is 8.01. The van der Waals surface area contributed by atoms with Crippen molar-refractivity contribution in [1.82, 2.24) is 30.2 Å². The van der Waals surface area contributed by atoms with Gasteiger partial charge in [0.25, 0.3) is 5.91 Å². The van der Waals surface area contributed by atoms with Crippen LogP contribution in [0.1, 0.15) is 17.6 Å². The summed E-state index contributed by atoms with van der Waals surface area (Å²) >= 11 is 4.17. The average Bonchev–Trinajstić information content (AvgIpc) is 3.39. The highest BCUT2D eigenvalue weighted by Gasteiger charge is 2.54. The van der Waals surface area contributed by atoms with Crippen LogP contribution >= 0.6 is 34.9 Å². The van der Waals surface area contributed by atoms with E-state index < -0.39 is 40.0 Å². The molecule has 186 valence electrons. The summed E-state index contributed by atoms with van der Waals surface area (Å²) in [5, 5.41) is 35.6. The van der Waals surface area contributed by atoms with Crippen molar-refractivity contribution in [2.24, 2.45) is 5.92 Å². The monoisotopic (exact) mass is 539 g/mol. The second-order valence-corrected chi connectivity index (χ2v) is 11.5. The zero-order valence-electron chi connectivity index (χ0n) is 18.8. The Bertz CT molecular complexity index is 1240. The van der Waals surface area contributed by atoms with E-state index in [9.17, 15) is 29.6 Å². The molecular formula is C19H21N7O6S3. The molecule has 4 heterocycles. The van der Waals surface area contributed by atoms with Crippen molar-refractivity contribution in [3.8, 4) is 0 Å². The maximum Gasteiger partial charge on any atom is 0.390 e. The SMILES string of the molecule is Cc1nnc(SCC2=C(C(=O)O)N3C(=O)[C@H](NC(=O)[C@@H](C)Cn4nc([N+](=O)[O-])cc4C)[C@H]3SC2)s1. The highest BCUT2D eigenvalue weighted by Crippen LogP contribution is 2.41. The zero-order chi connectivity index (χ0) is 25.4. The van der Waals surface area contributed by atoms with E-state index in [2.05, 4.69) is 20.6 Å². The van der Waals surface area contributed by atoms with E-state index in [1.165, 1.54) is 50.5 Å². The Morgan fingerprint density at radius 1 is 1.40 bits per heavy atom. The number of β-lactam (4-membered cyclic amide) rings is 1. The number of rotatable bonds is 9. The van der Waals surface area contributed by atoms with Crippen molar-refractivity contribution in [1.29, 1.82) is 0 Å². The first-order valence-corrected chi connectivity index (χ1v) is 13.2. The molecule has 35 heavy (non-hydrogen) atoms. The van der Waals surface area contributed by atoms with Crippen molar-refractivity contribution >= 4 is 58.5 Å². The number of aromatic nitrogens is 4. The molecule has 13 nitrogen and oxygen atoms in total. The molecule has 4 rings (SSSR count). The molecule has 2 aromatic rings. The fourth-order valence-corrected chi connectivity index (χ4v) is 6.99. The molecule has 0 saturated carbocycles. The fraction of sp³-hybridized carbons (Fsp3) is 0.474. The van der Waals surface area contributed by atoms with Crippen LogP contribution in [-0.2, 0) is 20.9 Å². The van der Waals surface area contributed by atoms with E-state index in [-0.39, 0.29) is 18.1 Å². The number of aryl methyl sites for hydroxylation is 2. The van der Waals surface area contributed by atoms with Crippen LogP contribution in [0.5, 0.6) is 0 Å². The Hall–Kier alpha value is -2.98. The van der Waals surface area contributed by atoms with Gasteiger partial charge >= 0.3 is 11.8 Å². The van der Waals surface area contributed by atoms with E-state index in [1.54, 1.807) is 13.8 Å². The van der Waals surface area contributed by atoms with Crippen LogP contribution in [0, 0.1) is 29.9 Å². The van der Waals surface area contributed by atoms with Crippen LogP contribution in [0.4, 0.5) is 5.82 Å². The molecular weight excluding hydrogens is 518 g/mol. The molecule has 2 aliphatic heterocycles. The molecule has 0 spiro atoms. The lowest BCUT2D eigenvalue weighted by molar-refractivity contribution is -0.389. The van der Waals surface area contributed by atoms with Crippen molar-refractivity contribution in [2.75, 3.05) is 11.5 Å². The summed E-state index contributed by atoms with van der Waals surface area (Å²) in [4.78, 5) is 49.2. The predicted octanol–water partition coefficient (Wildman–Crippen LogP) is 1.43. The Morgan fingerprint density at radius 2 is 2.14 bits per heavy atom. The Balaban J connectivity index is 1.40. The standard InChI is InChI=1S/C19H21N7O6S3/c1-8(5-24-9(2)4-12(23-24)26(31)32)15(27)20-13-16(28)25-14(18(29)30)11(6-33-17(13)25)7-34-19-22-21-10(3)35-19/h4,8,13,17H,5-7H2,1-3H3,(H,20,27)(H,29,30)/t8-,13-,17+/m0/s1. The van der Waals surface area contributed by atoms with Crippen molar-refractivity contribution in [2.45, 2.75) is 43.1 Å². The number of carboxylic acid groups (broad SMARTS) is 1. The quantitative estimate of drug-likeness (QED) is 0.204. The van der Waals surface area contributed by atoms with E-state index in [4.69, 9.17) is 0 Å². The van der Waals surface area contributed by atoms with Crippen LogP contribution < -0.4 is 5.32 Å². The van der Waals surface area contributed by atoms with Gasteiger partial charge in [-0.1, -0.05) is 30.0 Å². The summed E-state index contributed by atoms with van der Waals surface area (Å²) in [5.41, 5.74) is 1.10. The number of hydrogen-bond acceptors (Lipinski definition) is 11. The molecule has 0 unspecified atom stereocenters. The number of hydrogen-bond donors (Lipinski definition) is 2. The van der Waals surface area contributed by atoms with Crippen molar-refractivity contribution < 1.29 is 24.4 Å². The molecule has 1 fully saturated rings. The van der Waals surface area contributed by atoms with Crippen LogP contribution in [0.3, 0.4) is 0 Å². The smallest absolute Gasteiger partial charge is 0.390 e. The molecule has 0 aliphatic carbocycles. The number of amides is 2. The number of fused-ring (bicyclic) bond motifs is 1. The molecule has 0 bridgehead atoms. The predicted molar refractivity (Wildman–Crippen MR) is 128 cm³/mol. The van der Waals surface area contributed by atoms with Gasteiger partial charge in [-0.2, -0.15) is 4.68 Å². The van der Waals surface area contributed by atoms with Gasteiger partial charge in [0.1, 0.15) is 22.1 Å². The molecule has 16 heteroatoms. The Kier molecular flexibility index (Phi) is 7.14. The summed E-state index contributed by atoms with van der Waals surface area (Å²) in [6.07, 6.45) is 0. The third-order valence-electron chi connectivity index (χ3n) is 5.47. The minimum atomic E-state index is -1.19. The molecule has 0 radical (unpaired) electrons. The first-order chi connectivity index (χ1) is 16.6. The summed E-state index contributed by atoms with van der Waals surface area (Å²) in [7, 11) is 0. The number of thioether (sulfide) groups is 2. The highest BCUT2D eigenvalue weighted by atomic mass is 32.2. The van der Waals surface area contributed by atoms with Crippen LogP contribution in [0.25, 0.3) is 0 Å². The normalized spacial score (nSPS) is 20.3. The van der Waals surface area contributed by atoms with E-state index in [0.29, 0.717) is 22.8 Å². The van der Waals surface area contributed by atoms with E-state index >= 15 is 0 Å². The van der Waals surface area contributed by atoms with Crippen LogP contribution in [0.2, 0.25) is 0 Å². The van der Waals surface area contributed by atoms with Gasteiger partial charge in [0.15, 0.2) is 4.34 Å². The maximum atomic E-state index is 12.9. The van der Waals surface area contributed by atoms with Crippen LogP contribution in [0.15, 0.2) is 21.7 Å². The first-order valence-electron chi connectivity index (χ1n) is 10.4. The number of nitrogens with one attached hydrogen (secondary N) is 1. The number of nitro groups is 1. The van der Waals surface area contributed by atoms with Crippen molar-refractivity contribution in [3.05, 3.63) is 38.2 Å². The lowest BCUT2D eigenvalue weighted by Gasteiger charge is -2.49. The average molecular weight is 540 g/mol. The molecule has 3 atom stereocenters. The second kappa shape index (κ2) is 9.94. The van der Waals surface area contributed by atoms with Crippen molar-refractivity contribution in [3.63, 3.8) is 0 Å². The second-order valence-electron chi connectivity index (χ2n) is 8.01. The van der Waals surface area contributed by atoms with Gasteiger partial charge in [-0.25, -0.2) is 4.79 Å². The topological polar surface area (TPSA) is 173 Å². The molecule has 2 aliphatic rings. The number of carbonyl (C=O) groups excluding carboxylic acids is 2. The van der Waals surface area contributed by atoms with Gasteiger partial charge < -0.3 is 20.5 Å². The minimum absolute atomic E-state index is 0.0505. The number of nitrogens with zero attached hydrogens (tertiary/aromatic N) is 6. The largest absolute Gasteiger partial charge is 0.477 e. The number of carbonyl (C=O) groups is 3. The molecule has 1 saturated heterocycles. The lowest BCUT2D eigenvalue weighted by atomic mass is 10.0. The zero-order valence-corrected chi connectivity index (χ0v) is 21.3. The van der Waals surface area contributed by atoms with Gasteiger partial charge in [0.05, 0.1) is 29.3 Å². The Morgan fingerprint density at radius 3 is 2.74 bits per heavy atom. The molecule has 2 aromatic heterocycles. The summed E-state index contributed by atoms with van der Waals surface area (Å²) in [6.45, 7) is 5.21. The summed E-state index contributed by atoms with van der Waals surface area (Å²) < 4.78 is 2.10. The van der Waals surface area contributed by atoms with Crippen LogP contribution in [-0.4, -0.2) is 75.6 Å². The maximum absolute atomic E-state index is 12.9. The Labute approximate surface area is 211 Å². The summed E-state index contributed by atoms with van der Waals surface area (Å²) in [5.74, 6) is -2.26. The van der Waals surface area contributed by atoms with Gasteiger partial charge in [-0.05, 0) is 24.3 Å². The van der Waals surface area contributed by atoms with Gasteiger partial charge in [0, 0.05) is 11.5 Å². The third kappa shape index (κ3) is 5.04. The van der Waals surface area contributed by atoms with Gasteiger partial charge in [-0.15, -0.1) is 22.0 Å². The molecule has 0 aromatic carbocycles.